The van der Waals surface area contributed by atoms with Gasteiger partial charge in [0.25, 0.3) is 5.91 Å². The van der Waals surface area contributed by atoms with Crippen LogP contribution in [0.5, 0.6) is 0 Å². The van der Waals surface area contributed by atoms with Crippen LogP contribution >= 0.6 is 0 Å². The van der Waals surface area contributed by atoms with E-state index in [1.54, 1.807) is 36.5 Å². The number of carbonyl (C=O) groups excluding carboxylic acids is 3. The monoisotopic (exact) mass is 679 g/mol. The molecular weight excluding hydrogens is 626 g/mol. The van der Waals surface area contributed by atoms with E-state index in [1.165, 1.54) is 29.7 Å². The van der Waals surface area contributed by atoms with Crippen molar-refractivity contribution in [2.45, 2.75) is 97.2 Å². The Morgan fingerprint density at radius 1 is 1.08 bits per heavy atom. The van der Waals surface area contributed by atoms with E-state index in [1.807, 2.05) is 27.7 Å². The first kappa shape index (κ1) is 39.1. The Kier molecular flexibility index (Phi) is 15.6. The maximum atomic E-state index is 14.4. The molecule has 2 aromatic rings. The molecular formula is C36H53N7O6. The zero-order valence-electron chi connectivity index (χ0n) is 29.2. The predicted octanol–water partition coefficient (Wildman–Crippen LogP) is 4.87. The second-order valence-corrected chi connectivity index (χ2v) is 13.4. The van der Waals surface area contributed by atoms with Gasteiger partial charge in [-0.25, -0.2) is 4.98 Å². The molecule has 0 aliphatic heterocycles. The van der Waals surface area contributed by atoms with Gasteiger partial charge in [-0.15, -0.1) is 0 Å². The van der Waals surface area contributed by atoms with Crippen molar-refractivity contribution in [3.8, 4) is 0 Å². The number of hydrogen-bond acceptors (Lipinski definition) is 9. The summed E-state index contributed by atoms with van der Waals surface area (Å²) >= 11 is 0. The van der Waals surface area contributed by atoms with Crippen molar-refractivity contribution in [1.82, 2.24) is 20.2 Å². The molecule has 3 amide bonds. The molecule has 3 rings (SSSR count). The van der Waals surface area contributed by atoms with E-state index in [2.05, 4.69) is 20.6 Å². The SMILES string of the molecule is CC[C@H](C)[C@@H](C(N)=O)N(CC=CCNc1ncccc1[N+](=O)[O-])C(=O)[C@@H](C[C@H](O)[C@H](CC1CCCCC1)NC(=O)c1ccccn1)C(C)C. The van der Waals surface area contributed by atoms with Gasteiger partial charge in [0.05, 0.1) is 17.1 Å². The van der Waals surface area contributed by atoms with Crippen molar-refractivity contribution >= 4 is 29.2 Å². The fourth-order valence-corrected chi connectivity index (χ4v) is 6.54. The third kappa shape index (κ3) is 11.6. The van der Waals surface area contributed by atoms with Crippen molar-refractivity contribution < 1.29 is 24.4 Å². The zero-order chi connectivity index (χ0) is 35.9. The highest BCUT2D eigenvalue weighted by Gasteiger charge is 2.38. The highest BCUT2D eigenvalue weighted by atomic mass is 16.6. The van der Waals surface area contributed by atoms with E-state index in [0.29, 0.717) is 18.8 Å². The van der Waals surface area contributed by atoms with E-state index < -0.39 is 34.9 Å². The smallest absolute Gasteiger partial charge is 0.311 e. The molecule has 0 bridgehead atoms. The number of nitrogens with two attached hydrogens (primary N) is 1. The normalized spacial score (nSPS) is 16.8. The number of amides is 3. The summed E-state index contributed by atoms with van der Waals surface area (Å²) in [5.74, 6) is -1.97. The molecule has 1 saturated carbocycles. The van der Waals surface area contributed by atoms with Crippen LogP contribution in [0.4, 0.5) is 11.5 Å². The van der Waals surface area contributed by atoms with Crippen LogP contribution in [0.3, 0.4) is 0 Å². The van der Waals surface area contributed by atoms with Gasteiger partial charge in [-0.05, 0) is 48.8 Å². The number of primary amides is 1. The molecule has 13 nitrogen and oxygen atoms in total. The number of hydrogen-bond donors (Lipinski definition) is 4. The lowest BCUT2D eigenvalue weighted by molar-refractivity contribution is -0.384. The lowest BCUT2D eigenvalue weighted by atomic mass is 9.80. The second-order valence-electron chi connectivity index (χ2n) is 13.4. The first-order chi connectivity index (χ1) is 23.4. The predicted molar refractivity (Wildman–Crippen MR) is 188 cm³/mol. The Morgan fingerprint density at radius 3 is 2.41 bits per heavy atom. The van der Waals surface area contributed by atoms with Gasteiger partial charge in [0.2, 0.25) is 17.6 Å². The van der Waals surface area contributed by atoms with Crippen LogP contribution in [-0.4, -0.2) is 73.9 Å². The Labute approximate surface area is 289 Å². The van der Waals surface area contributed by atoms with Crippen LogP contribution < -0.4 is 16.4 Å². The number of pyridine rings is 2. The third-order valence-electron chi connectivity index (χ3n) is 9.54. The molecule has 13 heteroatoms. The lowest BCUT2D eigenvalue weighted by Gasteiger charge is -2.37. The van der Waals surface area contributed by atoms with Gasteiger partial charge in [-0.3, -0.25) is 29.5 Å². The quantitative estimate of drug-likeness (QED) is 0.0910. The number of rotatable bonds is 19. The van der Waals surface area contributed by atoms with Crippen LogP contribution in [0, 0.1) is 33.8 Å². The van der Waals surface area contributed by atoms with Gasteiger partial charge in [0, 0.05) is 37.5 Å². The number of nitro groups is 1. The van der Waals surface area contributed by atoms with Gasteiger partial charge in [-0.2, -0.15) is 0 Å². The molecule has 0 spiro atoms. The molecule has 0 aromatic carbocycles. The number of carbonyl (C=O) groups is 3. The number of nitrogens with zero attached hydrogens (tertiary/aromatic N) is 4. The highest BCUT2D eigenvalue weighted by molar-refractivity contribution is 5.92. The number of aliphatic hydroxyl groups excluding tert-OH is 1. The summed E-state index contributed by atoms with van der Waals surface area (Å²) < 4.78 is 0. The van der Waals surface area contributed by atoms with Crippen molar-refractivity contribution in [2.24, 2.45) is 29.4 Å². The molecule has 1 aliphatic rings. The molecule has 1 aliphatic carbocycles. The third-order valence-corrected chi connectivity index (χ3v) is 9.54. The average molecular weight is 680 g/mol. The molecule has 5 N–H and O–H groups in total. The first-order valence-electron chi connectivity index (χ1n) is 17.4. The molecule has 268 valence electrons. The standard InChI is InChI=1S/C36H53N7O6/c1-5-25(4)32(33(37)45)42(21-12-11-19-39-34-30(43(48)49)17-13-20-40-34)36(47)27(24(2)3)23-31(44)29(22-26-14-7-6-8-15-26)41-35(46)28-16-9-10-18-38-28/h9-13,16-18,20,24-27,29,31-32,44H,5-8,14-15,19,21-23H2,1-4H3,(H2,37,45)(H,39,40)(H,41,46)/t25-,27-,29-,31-,32-/m0/s1. The van der Waals surface area contributed by atoms with E-state index in [0.717, 1.165) is 25.7 Å². The van der Waals surface area contributed by atoms with E-state index in [4.69, 9.17) is 5.73 Å². The summed E-state index contributed by atoms with van der Waals surface area (Å²) in [6.45, 7) is 7.84. The minimum atomic E-state index is -1.03. The summed E-state index contributed by atoms with van der Waals surface area (Å²) in [5.41, 5.74) is 5.99. The molecule has 49 heavy (non-hydrogen) atoms. The van der Waals surface area contributed by atoms with Gasteiger partial charge >= 0.3 is 5.69 Å². The fourth-order valence-electron chi connectivity index (χ4n) is 6.54. The van der Waals surface area contributed by atoms with E-state index in [-0.39, 0.29) is 60.4 Å². The van der Waals surface area contributed by atoms with Crippen molar-refractivity contribution in [3.05, 3.63) is 70.7 Å². The molecule has 2 aromatic heterocycles. The number of nitrogens with one attached hydrogen (secondary N) is 2. The summed E-state index contributed by atoms with van der Waals surface area (Å²) in [7, 11) is 0. The summed E-state index contributed by atoms with van der Waals surface area (Å²) in [6.07, 6.45) is 12.1. The van der Waals surface area contributed by atoms with Gasteiger partial charge in [-0.1, -0.05) is 84.4 Å². The zero-order valence-corrected chi connectivity index (χ0v) is 29.2. The fraction of sp³-hybridized carbons (Fsp3) is 0.583. The number of anilines is 1. The van der Waals surface area contributed by atoms with Crippen LogP contribution in [0.15, 0.2) is 54.9 Å². The summed E-state index contributed by atoms with van der Waals surface area (Å²) in [4.78, 5) is 61.0. The maximum absolute atomic E-state index is 14.4. The minimum absolute atomic E-state index is 0.0595. The topological polar surface area (TPSA) is 194 Å². The van der Waals surface area contributed by atoms with Gasteiger partial charge in [0.1, 0.15) is 11.7 Å². The molecule has 5 atom stereocenters. The highest BCUT2D eigenvalue weighted by Crippen LogP contribution is 2.31. The molecule has 0 radical (unpaired) electrons. The molecule has 2 heterocycles. The molecule has 0 saturated heterocycles. The van der Waals surface area contributed by atoms with Gasteiger partial charge < -0.3 is 26.4 Å². The Bertz CT molecular complexity index is 1400. The Morgan fingerprint density at radius 2 is 1.80 bits per heavy atom. The van der Waals surface area contributed by atoms with Crippen molar-refractivity contribution in [1.29, 1.82) is 0 Å². The largest absolute Gasteiger partial charge is 0.391 e. The summed E-state index contributed by atoms with van der Waals surface area (Å²) in [6, 6.07) is 6.43. The maximum Gasteiger partial charge on any atom is 0.311 e. The number of aliphatic hydroxyl groups is 1. The first-order valence-corrected chi connectivity index (χ1v) is 17.4. The van der Waals surface area contributed by atoms with Crippen LogP contribution in [0.2, 0.25) is 0 Å². The van der Waals surface area contributed by atoms with Crippen molar-refractivity contribution in [3.63, 3.8) is 0 Å². The lowest BCUT2D eigenvalue weighted by Crippen LogP contribution is -2.54. The molecule has 1 fully saturated rings. The summed E-state index contributed by atoms with van der Waals surface area (Å²) in [5, 5.41) is 29.0. The molecule has 0 unspecified atom stereocenters. The second kappa shape index (κ2) is 19.6. The number of aromatic nitrogens is 2. The van der Waals surface area contributed by atoms with Gasteiger partial charge in [0.15, 0.2) is 0 Å². The Balaban J connectivity index is 1.83. The average Bonchev–Trinajstić information content (AvgIpc) is 3.09. The van der Waals surface area contributed by atoms with Crippen LogP contribution in [0.25, 0.3) is 0 Å². The van der Waals surface area contributed by atoms with E-state index in [9.17, 15) is 29.6 Å². The minimum Gasteiger partial charge on any atom is -0.391 e. The van der Waals surface area contributed by atoms with Crippen LogP contribution in [0.1, 0.15) is 89.5 Å². The Hall–Kier alpha value is -4.39. The van der Waals surface area contributed by atoms with Crippen molar-refractivity contribution in [2.75, 3.05) is 18.4 Å². The van der Waals surface area contributed by atoms with E-state index >= 15 is 0 Å². The van der Waals surface area contributed by atoms with Crippen LogP contribution in [-0.2, 0) is 9.59 Å².